The Labute approximate surface area is 82.8 Å². The summed E-state index contributed by atoms with van der Waals surface area (Å²) in [6.45, 7) is 0.533. The topological polar surface area (TPSA) is 44.8 Å². The van der Waals surface area contributed by atoms with Gasteiger partial charge >= 0.3 is 5.97 Å². The van der Waals surface area contributed by atoms with Crippen LogP contribution in [0.2, 0.25) is 0 Å². The average molecular weight is 198 g/mol. The number of hydrogen-bond acceptors (Lipinski definition) is 4. The van der Waals surface area contributed by atoms with Gasteiger partial charge in [-0.05, 0) is 0 Å². The second kappa shape index (κ2) is 3.71. The molecule has 2 aliphatic heterocycles. The largest absolute Gasteiger partial charge is 0.469 e. The van der Waals surface area contributed by atoms with E-state index in [4.69, 9.17) is 14.2 Å². The van der Waals surface area contributed by atoms with Crippen molar-refractivity contribution in [2.45, 2.75) is 12.2 Å². The van der Waals surface area contributed by atoms with Crippen molar-refractivity contribution >= 4 is 5.97 Å². The van der Waals surface area contributed by atoms with Gasteiger partial charge in [0, 0.05) is 13.0 Å². The zero-order valence-corrected chi connectivity index (χ0v) is 8.30. The minimum Gasteiger partial charge on any atom is -0.469 e. The van der Waals surface area contributed by atoms with Crippen LogP contribution < -0.4 is 0 Å². The maximum absolute atomic E-state index is 11.5. The molecule has 0 aliphatic carbocycles. The summed E-state index contributed by atoms with van der Waals surface area (Å²) in [5.74, 6) is -0.304. The highest BCUT2D eigenvalue weighted by atomic mass is 16.5. The van der Waals surface area contributed by atoms with E-state index in [0.717, 1.165) is 0 Å². The van der Waals surface area contributed by atoms with Crippen LogP contribution in [-0.4, -0.2) is 39.0 Å². The first-order valence-corrected chi connectivity index (χ1v) is 4.68. The maximum atomic E-state index is 11.5. The molecule has 0 aromatic heterocycles. The second-order valence-electron chi connectivity index (χ2n) is 3.62. The number of carbonyl (C=O) groups excluding carboxylic acids is 1. The summed E-state index contributed by atoms with van der Waals surface area (Å²) in [6.07, 6.45) is 3.82. The molecule has 1 saturated heterocycles. The van der Waals surface area contributed by atoms with Gasteiger partial charge in [0.25, 0.3) is 0 Å². The van der Waals surface area contributed by atoms with Crippen molar-refractivity contribution in [3.8, 4) is 0 Å². The minimum atomic E-state index is -0.205. The molecule has 0 N–H and O–H groups in total. The maximum Gasteiger partial charge on any atom is 0.312 e. The van der Waals surface area contributed by atoms with E-state index >= 15 is 0 Å². The van der Waals surface area contributed by atoms with E-state index in [2.05, 4.69) is 0 Å². The fraction of sp³-hybridized carbons (Fsp3) is 0.700. The molecular weight excluding hydrogens is 184 g/mol. The van der Waals surface area contributed by atoms with Crippen LogP contribution >= 0.6 is 0 Å². The van der Waals surface area contributed by atoms with Crippen LogP contribution in [0.15, 0.2) is 12.2 Å². The van der Waals surface area contributed by atoms with Gasteiger partial charge in [-0.1, -0.05) is 12.2 Å². The molecule has 14 heavy (non-hydrogen) atoms. The Balaban J connectivity index is 2.13. The third-order valence-electron chi connectivity index (χ3n) is 2.87. The number of ether oxygens (including phenoxy) is 3. The van der Waals surface area contributed by atoms with Gasteiger partial charge in [-0.3, -0.25) is 4.79 Å². The van der Waals surface area contributed by atoms with E-state index in [1.54, 1.807) is 7.11 Å². The summed E-state index contributed by atoms with van der Waals surface area (Å²) < 4.78 is 15.4. The summed E-state index contributed by atoms with van der Waals surface area (Å²) in [4.78, 5) is 11.5. The molecule has 1 fully saturated rings. The normalized spacial score (nSPS) is 39.0. The van der Waals surface area contributed by atoms with E-state index < -0.39 is 0 Å². The molecule has 2 aliphatic rings. The molecule has 4 nitrogen and oxygen atoms in total. The summed E-state index contributed by atoms with van der Waals surface area (Å²) in [5, 5.41) is 0. The van der Waals surface area contributed by atoms with Crippen LogP contribution in [0.5, 0.6) is 0 Å². The first-order valence-electron chi connectivity index (χ1n) is 4.68. The highest BCUT2D eigenvalue weighted by molar-refractivity contribution is 5.74. The first kappa shape index (κ1) is 9.68. The third-order valence-corrected chi connectivity index (χ3v) is 2.87. The first-order chi connectivity index (χ1) is 6.77. The predicted molar refractivity (Wildman–Crippen MR) is 48.7 cm³/mol. The van der Waals surface area contributed by atoms with E-state index in [1.807, 2.05) is 12.2 Å². The molecule has 2 bridgehead atoms. The van der Waals surface area contributed by atoms with Crippen LogP contribution in [0.3, 0.4) is 0 Å². The Bertz CT molecular complexity index is 261. The highest BCUT2D eigenvalue weighted by Crippen LogP contribution is 2.39. The Hall–Kier alpha value is -0.870. The predicted octanol–water partition coefficient (Wildman–Crippen LogP) is 0.375. The molecule has 4 unspecified atom stereocenters. The van der Waals surface area contributed by atoms with Crippen LogP contribution in [-0.2, 0) is 19.0 Å². The average Bonchev–Trinajstić information content (AvgIpc) is 2.77. The molecule has 0 spiro atoms. The van der Waals surface area contributed by atoms with Crippen molar-refractivity contribution in [1.82, 2.24) is 0 Å². The van der Waals surface area contributed by atoms with Crippen LogP contribution in [0.25, 0.3) is 0 Å². The number of hydrogen-bond donors (Lipinski definition) is 0. The van der Waals surface area contributed by atoms with Crippen molar-refractivity contribution < 1.29 is 19.0 Å². The number of carbonyl (C=O) groups is 1. The minimum absolute atomic E-state index is 0.0176. The molecule has 2 heterocycles. The molecular formula is C10H14O4. The Morgan fingerprint density at radius 3 is 2.71 bits per heavy atom. The van der Waals surface area contributed by atoms with Gasteiger partial charge in [0.15, 0.2) is 0 Å². The lowest BCUT2D eigenvalue weighted by molar-refractivity contribution is -0.148. The number of rotatable bonds is 3. The van der Waals surface area contributed by atoms with Crippen molar-refractivity contribution in [2.24, 2.45) is 11.8 Å². The Morgan fingerprint density at radius 2 is 2.07 bits per heavy atom. The molecule has 4 heteroatoms. The van der Waals surface area contributed by atoms with Crippen LogP contribution in [0.1, 0.15) is 0 Å². The molecule has 2 rings (SSSR count). The van der Waals surface area contributed by atoms with Gasteiger partial charge in [0.05, 0.1) is 31.8 Å². The molecule has 0 amide bonds. The van der Waals surface area contributed by atoms with E-state index in [9.17, 15) is 4.79 Å². The number of methoxy groups -OCH3 is 2. The zero-order chi connectivity index (χ0) is 10.1. The summed E-state index contributed by atoms with van der Waals surface area (Å²) in [5.41, 5.74) is 0. The second-order valence-corrected chi connectivity index (χ2v) is 3.62. The van der Waals surface area contributed by atoms with Crippen molar-refractivity contribution in [3.63, 3.8) is 0 Å². The smallest absolute Gasteiger partial charge is 0.312 e. The van der Waals surface area contributed by atoms with E-state index in [0.29, 0.717) is 6.61 Å². The highest BCUT2D eigenvalue weighted by Gasteiger charge is 2.50. The lowest BCUT2D eigenvalue weighted by Crippen LogP contribution is -2.34. The number of fused-ring (bicyclic) bond motifs is 2. The van der Waals surface area contributed by atoms with Gasteiger partial charge in [0.2, 0.25) is 0 Å². The Morgan fingerprint density at radius 1 is 1.36 bits per heavy atom. The summed E-state index contributed by atoms with van der Waals surface area (Å²) in [7, 11) is 3.03. The SMILES string of the molecule is COCC1C2C=CC(O2)C1C(=O)OC. The van der Waals surface area contributed by atoms with Crippen molar-refractivity contribution in [2.75, 3.05) is 20.8 Å². The molecule has 0 radical (unpaired) electrons. The number of esters is 1. The fourth-order valence-electron chi connectivity index (χ4n) is 2.22. The zero-order valence-electron chi connectivity index (χ0n) is 8.30. The lowest BCUT2D eigenvalue weighted by atomic mass is 9.83. The monoisotopic (exact) mass is 198 g/mol. The molecule has 78 valence electrons. The Kier molecular flexibility index (Phi) is 2.56. The summed E-state index contributed by atoms with van der Waals surface area (Å²) in [6, 6.07) is 0. The molecule has 0 saturated carbocycles. The van der Waals surface area contributed by atoms with Crippen LogP contribution in [0.4, 0.5) is 0 Å². The van der Waals surface area contributed by atoms with Crippen molar-refractivity contribution in [3.05, 3.63) is 12.2 Å². The van der Waals surface area contributed by atoms with Gasteiger partial charge < -0.3 is 14.2 Å². The fourth-order valence-corrected chi connectivity index (χ4v) is 2.22. The quantitative estimate of drug-likeness (QED) is 0.485. The van der Waals surface area contributed by atoms with Gasteiger partial charge in [-0.15, -0.1) is 0 Å². The molecule has 0 aromatic rings. The lowest BCUT2D eigenvalue weighted by Gasteiger charge is -2.21. The van der Waals surface area contributed by atoms with Crippen molar-refractivity contribution in [1.29, 1.82) is 0 Å². The molecule has 0 aromatic carbocycles. The van der Waals surface area contributed by atoms with Gasteiger partial charge in [0.1, 0.15) is 0 Å². The standard InChI is InChI=1S/C10H14O4/c1-12-5-6-7-3-4-8(14-7)9(6)10(11)13-2/h3-4,6-9H,5H2,1-2H3. The van der Waals surface area contributed by atoms with Crippen LogP contribution in [0, 0.1) is 11.8 Å². The molecule has 4 atom stereocenters. The van der Waals surface area contributed by atoms with Gasteiger partial charge in [-0.2, -0.15) is 0 Å². The van der Waals surface area contributed by atoms with E-state index in [-0.39, 0.29) is 30.0 Å². The van der Waals surface area contributed by atoms with E-state index in [1.165, 1.54) is 7.11 Å². The third kappa shape index (κ3) is 1.35. The van der Waals surface area contributed by atoms with Gasteiger partial charge in [-0.25, -0.2) is 0 Å². The summed E-state index contributed by atoms with van der Waals surface area (Å²) >= 11 is 0.